The van der Waals surface area contributed by atoms with Crippen molar-refractivity contribution in [2.45, 2.75) is 6.43 Å². The van der Waals surface area contributed by atoms with Crippen LogP contribution in [0.5, 0.6) is 5.88 Å². The normalized spacial score (nSPS) is 14.6. The number of fused-ring (bicyclic) bond motifs is 1. The first-order valence-electron chi connectivity index (χ1n) is 9.21. The number of hydrogen-bond donors (Lipinski definition) is 0. The van der Waals surface area contributed by atoms with Crippen molar-refractivity contribution in [2.24, 2.45) is 7.05 Å². The van der Waals surface area contributed by atoms with Crippen LogP contribution in [0.4, 0.5) is 14.5 Å². The van der Waals surface area contributed by atoms with E-state index in [-0.39, 0.29) is 11.8 Å². The average Bonchev–Trinajstić information content (AvgIpc) is 3.17. The molecule has 2 aromatic heterocycles. The first-order valence-corrected chi connectivity index (χ1v) is 9.21. The second kappa shape index (κ2) is 7.98. The van der Waals surface area contributed by atoms with Crippen molar-refractivity contribution in [1.29, 1.82) is 0 Å². The highest BCUT2D eigenvalue weighted by atomic mass is 19.3. The zero-order chi connectivity index (χ0) is 20.4. The average molecular weight is 402 g/mol. The number of rotatable bonds is 5. The van der Waals surface area contributed by atoms with Crippen LogP contribution in [0, 0.1) is 0 Å². The van der Waals surface area contributed by atoms with Crippen molar-refractivity contribution in [2.75, 3.05) is 37.7 Å². The van der Waals surface area contributed by atoms with Crippen LogP contribution in [0.25, 0.3) is 10.9 Å². The van der Waals surface area contributed by atoms with E-state index in [0.29, 0.717) is 42.8 Å². The Morgan fingerprint density at radius 2 is 1.97 bits per heavy atom. The van der Waals surface area contributed by atoms with Crippen molar-refractivity contribution in [3.63, 3.8) is 0 Å². The molecule has 1 saturated heterocycles. The zero-order valence-corrected chi connectivity index (χ0v) is 15.8. The predicted octanol–water partition coefficient (Wildman–Crippen LogP) is 1.97. The fraction of sp³-hybridized carbons (Fsp3) is 0.368. The van der Waals surface area contributed by atoms with Gasteiger partial charge in [0, 0.05) is 45.1 Å². The van der Waals surface area contributed by atoms with E-state index in [9.17, 15) is 13.6 Å². The summed E-state index contributed by atoms with van der Waals surface area (Å²) in [7, 11) is 1.74. The molecule has 29 heavy (non-hydrogen) atoms. The molecule has 1 aliphatic rings. The van der Waals surface area contributed by atoms with E-state index < -0.39 is 13.0 Å². The Hall–Kier alpha value is -3.30. The Morgan fingerprint density at radius 1 is 1.17 bits per heavy atom. The number of halogens is 2. The standard InChI is InChI=1S/C19H20F2N6O2/c1-25-16(4-5-24-25)19(28)27-8-6-26(7-9-27)13-2-3-15-14(10-13)18(23-12-22-15)29-11-17(20)21/h2-5,10,12,17H,6-9,11H2,1H3. The number of carbonyl (C=O) groups excluding carboxylic acids is 1. The Balaban J connectivity index is 1.49. The molecule has 0 radical (unpaired) electrons. The number of aryl methyl sites for hydroxylation is 1. The van der Waals surface area contributed by atoms with Gasteiger partial charge in [-0.05, 0) is 24.3 Å². The third kappa shape index (κ3) is 3.96. The van der Waals surface area contributed by atoms with Crippen LogP contribution in [0.2, 0.25) is 0 Å². The molecule has 8 nitrogen and oxygen atoms in total. The summed E-state index contributed by atoms with van der Waals surface area (Å²) in [5.74, 6) is 0.0985. The van der Waals surface area contributed by atoms with Gasteiger partial charge >= 0.3 is 0 Å². The first kappa shape index (κ1) is 19.0. The summed E-state index contributed by atoms with van der Waals surface area (Å²) < 4.78 is 31.7. The fourth-order valence-corrected chi connectivity index (χ4v) is 3.39. The van der Waals surface area contributed by atoms with Gasteiger partial charge in [-0.1, -0.05) is 0 Å². The Kier molecular flexibility index (Phi) is 5.24. The molecule has 152 valence electrons. The number of amides is 1. The maximum Gasteiger partial charge on any atom is 0.272 e. The number of benzene rings is 1. The van der Waals surface area contributed by atoms with E-state index in [1.165, 1.54) is 6.33 Å². The number of piperazine rings is 1. The van der Waals surface area contributed by atoms with Crippen LogP contribution in [0.15, 0.2) is 36.8 Å². The lowest BCUT2D eigenvalue weighted by Crippen LogP contribution is -2.49. The van der Waals surface area contributed by atoms with Crippen LogP contribution < -0.4 is 9.64 Å². The molecule has 10 heteroatoms. The smallest absolute Gasteiger partial charge is 0.272 e. The van der Waals surface area contributed by atoms with E-state index >= 15 is 0 Å². The highest BCUT2D eigenvalue weighted by molar-refractivity contribution is 5.92. The molecule has 3 heterocycles. The van der Waals surface area contributed by atoms with Crippen molar-refractivity contribution in [1.82, 2.24) is 24.6 Å². The number of carbonyl (C=O) groups is 1. The molecular weight excluding hydrogens is 382 g/mol. The monoisotopic (exact) mass is 402 g/mol. The number of ether oxygens (including phenoxy) is 1. The minimum absolute atomic E-state index is 0.0424. The number of hydrogen-bond acceptors (Lipinski definition) is 6. The molecule has 0 N–H and O–H groups in total. The van der Waals surface area contributed by atoms with Crippen molar-refractivity contribution >= 4 is 22.5 Å². The van der Waals surface area contributed by atoms with Gasteiger partial charge in [0.15, 0.2) is 6.61 Å². The van der Waals surface area contributed by atoms with Gasteiger partial charge in [-0.25, -0.2) is 18.7 Å². The molecule has 3 aromatic rings. The van der Waals surface area contributed by atoms with Gasteiger partial charge in [-0.2, -0.15) is 5.10 Å². The number of alkyl halides is 2. The molecule has 0 saturated carbocycles. The lowest BCUT2D eigenvalue weighted by atomic mass is 10.2. The highest BCUT2D eigenvalue weighted by Gasteiger charge is 2.24. The van der Waals surface area contributed by atoms with E-state index in [1.807, 2.05) is 18.2 Å². The third-order valence-electron chi connectivity index (χ3n) is 4.90. The van der Waals surface area contributed by atoms with Gasteiger partial charge < -0.3 is 14.5 Å². The van der Waals surface area contributed by atoms with Crippen LogP contribution in [-0.4, -0.2) is 69.8 Å². The molecule has 0 spiro atoms. The SMILES string of the molecule is Cn1nccc1C(=O)N1CCN(c2ccc3ncnc(OCC(F)F)c3c2)CC1. The van der Waals surface area contributed by atoms with Gasteiger partial charge in [-0.3, -0.25) is 9.48 Å². The summed E-state index contributed by atoms with van der Waals surface area (Å²) in [5, 5.41) is 4.63. The molecule has 4 rings (SSSR count). The molecule has 0 atom stereocenters. The lowest BCUT2D eigenvalue weighted by Gasteiger charge is -2.36. The van der Waals surface area contributed by atoms with E-state index in [1.54, 1.807) is 28.9 Å². The lowest BCUT2D eigenvalue weighted by molar-refractivity contribution is 0.0735. The molecule has 1 aromatic carbocycles. The Bertz CT molecular complexity index is 1020. The fourth-order valence-electron chi connectivity index (χ4n) is 3.39. The molecule has 0 bridgehead atoms. The molecule has 1 aliphatic heterocycles. The number of anilines is 1. The largest absolute Gasteiger partial charge is 0.471 e. The first-order chi connectivity index (χ1) is 14.0. The van der Waals surface area contributed by atoms with Crippen LogP contribution in [0.1, 0.15) is 10.5 Å². The molecule has 0 aliphatic carbocycles. The Morgan fingerprint density at radius 3 is 2.66 bits per heavy atom. The summed E-state index contributed by atoms with van der Waals surface area (Å²) in [6, 6.07) is 7.28. The minimum Gasteiger partial charge on any atom is -0.471 e. The van der Waals surface area contributed by atoms with Gasteiger partial charge in [0.05, 0.1) is 10.9 Å². The van der Waals surface area contributed by atoms with E-state index in [4.69, 9.17) is 4.74 Å². The van der Waals surface area contributed by atoms with Crippen molar-refractivity contribution in [3.8, 4) is 5.88 Å². The summed E-state index contributed by atoms with van der Waals surface area (Å²) >= 11 is 0. The summed E-state index contributed by atoms with van der Waals surface area (Å²) in [5.41, 5.74) is 2.09. The molecular formula is C19H20F2N6O2. The van der Waals surface area contributed by atoms with E-state index in [0.717, 1.165) is 5.69 Å². The van der Waals surface area contributed by atoms with E-state index in [2.05, 4.69) is 20.0 Å². The summed E-state index contributed by atoms with van der Waals surface area (Å²) in [4.78, 5) is 24.7. The van der Waals surface area contributed by atoms with Crippen molar-refractivity contribution in [3.05, 3.63) is 42.5 Å². The van der Waals surface area contributed by atoms with Gasteiger partial charge in [0.25, 0.3) is 12.3 Å². The van der Waals surface area contributed by atoms with Gasteiger partial charge in [0.1, 0.15) is 12.0 Å². The zero-order valence-electron chi connectivity index (χ0n) is 15.8. The van der Waals surface area contributed by atoms with Crippen LogP contribution in [0.3, 0.4) is 0 Å². The van der Waals surface area contributed by atoms with Crippen LogP contribution >= 0.6 is 0 Å². The molecule has 0 unspecified atom stereocenters. The van der Waals surface area contributed by atoms with Gasteiger partial charge in [0.2, 0.25) is 5.88 Å². The maximum atomic E-state index is 12.6. The molecule has 1 amide bonds. The number of aromatic nitrogens is 4. The van der Waals surface area contributed by atoms with Gasteiger partial charge in [-0.15, -0.1) is 0 Å². The Labute approximate surface area is 165 Å². The summed E-state index contributed by atoms with van der Waals surface area (Å²) in [6.07, 6.45) is 0.327. The number of nitrogens with zero attached hydrogens (tertiary/aromatic N) is 6. The maximum absolute atomic E-state index is 12.6. The highest BCUT2D eigenvalue weighted by Crippen LogP contribution is 2.27. The van der Waals surface area contributed by atoms with Crippen LogP contribution in [-0.2, 0) is 7.05 Å². The third-order valence-corrected chi connectivity index (χ3v) is 4.90. The minimum atomic E-state index is -2.58. The second-order valence-corrected chi connectivity index (χ2v) is 6.70. The van der Waals surface area contributed by atoms with Crippen molar-refractivity contribution < 1.29 is 18.3 Å². The second-order valence-electron chi connectivity index (χ2n) is 6.70. The predicted molar refractivity (Wildman–Crippen MR) is 102 cm³/mol. The quantitative estimate of drug-likeness (QED) is 0.650. The topological polar surface area (TPSA) is 76.4 Å². The molecule has 1 fully saturated rings. The summed E-state index contributed by atoms with van der Waals surface area (Å²) in [6.45, 7) is 1.72.